The minimum Gasteiger partial charge on any atom is -0.493 e. The lowest BCUT2D eigenvalue weighted by molar-refractivity contribution is -0.120. The molecule has 0 fully saturated rings. The lowest BCUT2D eigenvalue weighted by atomic mass is 10.1. The van der Waals surface area contributed by atoms with Gasteiger partial charge in [-0.25, -0.2) is 8.42 Å². The van der Waals surface area contributed by atoms with E-state index in [1.165, 1.54) is 26.4 Å². The Kier molecular flexibility index (Phi) is 6.41. The number of sulfone groups is 1. The smallest absolute Gasteiger partial charge is 0.224 e. The van der Waals surface area contributed by atoms with Crippen LogP contribution in [0.3, 0.4) is 0 Å². The highest BCUT2D eigenvalue weighted by Crippen LogP contribution is 2.29. The quantitative estimate of drug-likeness (QED) is 0.774. The summed E-state index contributed by atoms with van der Waals surface area (Å²) in [4.78, 5) is 12.0. The maximum atomic E-state index is 12.4. The summed E-state index contributed by atoms with van der Waals surface area (Å²) in [5.41, 5.74) is 0.878. The van der Waals surface area contributed by atoms with E-state index in [0.717, 1.165) is 5.56 Å². The minimum absolute atomic E-state index is 0.0440. The molecule has 2 aromatic carbocycles. The number of amides is 1. The van der Waals surface area contributed by atoms with E-state index >= 15 is 0 Å². The summed E-state index contributed by atoms with van der Waals surface area (Å²) in [6.07, 6.45) is 0.219. The molecule has 0 radical (unpaired) electrons. The van der Waals surface area contributed by atoms with Gasteiger partial charge >= 0.3 is 0 Å². The van der Waals surface area contributed by atoms with Crippen LogP contribution in [0.25, 0.3) is 0 Å². The highest BCUT2D eigenvalue weighted by molar-refractivity contribution is 7.91. The third kappa shape index (κ3) is 5.22. The van der Waals surface area contributed by atoms with Crippen LogP contribution < -0.4 is 14.8 Å². The number of hydrogen-bond donors (Lipinski definition) is 1. The van der Waals surface area contributed by atoms with E-state index < -0.39 is 9.84 Å². The van der Waals surface area contributed by atoms with E-state index in [-0.39, 0.29) is 29.5 Å². The zero-order chi connectivity index (χ0) is 18.3. The van der Waals surface area contributed by atoms with Gasteiger partial charge in [0.25, 0.3) is 0 Å². The first kappa shape index (κ1) is 18.8. The number of nitrogens with one attached hydrogen (secondary N) is 1. The first-order chi connectivity index (χ1) is 12.0. The zero-order valence-corrected chi connectivity index (χ0v) is 15.0. The average molecular weight is 363 g/mol. The molecule has 0 bridgehead atoms. The molecular formula is C18H21NO5S. The second-order valence-electron chi connectivity index (χ2n) is 5.35. The van der Waals surface area contributed by atoms with Crippen molar-refractivity contribution in [1.82, 2.24) is 5.32 Å². The van der Waals surface area contributed by atoms with E-state index in [4.69, 9.17) is 9.47 Å². The molecule has 0 spiro atoms. The molecule has 6 nitrogen and oxygen atoms in total. The summed E-state index contributed by atoms with van der Waals surface area (Å²) in [5.74, 6) is 0.395. The molecule has 1 amide bonds. The van der Waals surface area contributed by atoms with Crippen molar-refractivity contribution in [3.8, 4) is 11.5 Å². The Labute approximate surface area is 147 Å². The van der Waals surface area contributed by atoms with Gasteiger partial charge in [0.05, 0.1) is 31.3 Å². The third-order valence-electron chi connectivity index (χ3n) is 3.61. The Balaban J connectivity index is 1.94. The van der Waals surface area contributed by atoms with E-state index in [1.807, 2.05) is 30.3 Å². The van der Waals surface area contributed by atoms with Crippen LogP contribution in [0.5, 0.6) is 11.5 Å². The fourth-order valence-electron chi connectivity index (χ4n) is 2.30. The molecule has 0 aliphatic heterocycles. The van der Waals surface area contributed by atoms with Gasteiger partial charge < -0.3 is 14.8 Å². The molecule has 134 valence electrons. The van der Waals surface area contributed by atoms with Crippen LogP contribution in [0.1, 0.15) is 5.56 Å². The lowest BCUT2D eigenvalue weighted by Gasteiger charge is -2.10. The summed E-state index contributed by atoms with van der Waals surface area (Å²) in [6, 6.07) is 13.7. The fraction of sp³-hybridized carbons (Fsp3) is 0.278. The van der Waals surface area contributed by atoms with E-state index in [2.05, 4.69) is 5.32 Å². The largest absolute Gasteiger partial charge is 0.493 e. The summed E-state index contributed by atoms with van der Waals surface area (Å²) in [7, 11) is -0.614. The predicted molar refractivity (Wildman–Crippen MR) is 94.8 cm³/mol. The number of hydrogen-bond acceptors (Lipinski definition) is 5. The number of carbonyl (C=O) groups excluding carboxylic acids is 1. The Morgan fingerprint density at radius 1 is 1.00 bits per heavy atom. The molecule has 25 heavy (non-hydrogen) atoms. The highest BCUT2D eigenvalue weighted by Gasteiger charge is 2.17. The van der Waals surface area contributed by atoms with Crippen LogP contribution in [0.2, 0.25) is 0 Å². The van der Waals surface area contributed by atoms with Crippen molar-refractivity contribution in [2.45, 2.75) is 11.3 Å². The highest BCUT2D eigenvalue weighted by atomic mass is 32.2. The van der Waals surface area contributed by atoms with Crippen molar-refractivity contribution < 1.29 is 22.7 Å². The Hall–Kier alpha value is -2.54. The summed E-state index contributed by atoms with van der Waals surface area (Å²) >= 11 is 0. The van der Waals surface area contributed by atoms with Crippen LogP contribution in [-0.4, -0.2) is 40.8 Å². The number of benzene rings is 2. The summed E-state index contributed by atoms with van der Waals surface area (Å²) in [5, 5.41) is 2.63. The second kappa shape index (κ2) is 8.53. The zero-order valence-electron chi connectivity index (χ0n) is 14.2. The van der Waals surface area contributed by atoms with Crippen LogP contribution in [0, 0.1) is 0 Å². The van der Waals surface area contributed by atoms with Crippen molar-refractivity contribution in [3.63, 3.8) is 0 Å². The lowest BCUT2D eigenvalue weighted by Crippen LogP contribution is -2.30. The van der Waals surface area contributed by atoms with Crippen molar-refractivity contribution in [1.29, 1.82) is 0 Å². The van der Waals surface area contributed by atoms with Gasteiger partial charge in [0.15, 0.2) is 21.3 Å². The van der Waals surface area contributed by atoms with Gasteiger partial charge in [-0.05, 0) is 17.7 Å². The van der Waals surface area contributed by atoms with Crippen molar-refractivity contribution in [3.05, 3.63) is 54.1 Å². The van der Waals surface area contributed by atoms with Crippen molar-refractivity contribution in [2.24, 2.45) is 0 Å². The summed E-state index contributed by atoms with van der Waals surface area (Å²) < 4.78 is 35.0. The molecule has 0 atom stereocenters. The second-order valence-corrected chi connectivity index (χ2v) is 7.46. The third-order valence-corrected chi connectivity index (χ3v) is 5.33. The SMILES string of the molecule is COc1ccc(S(=O)(=O)CCNC(=O)Cc2ccccc2)cc1OC. The molecule has 0 aliphatic carbocycles. The maximum Gasteiger partial charge on any atom is 0.224 e. The van der Waals surface area contributed by atoms with E-state index in [0.29, 0.717) is 11.5 Å². The molecule has 0 aliphatic rings. The standard InChI is InChI=1S/C18H21NO5S/c1-23-16-9-8-15(13-17(16)24-2)25(21,22)11-10-19-18(20)12-14-6-4-3-5-7-14/h3-9,13H,10-12H2,1-2H3,(H,19,20). The van der Waals surface area contributed by atoms with Crippen LogP contribution >= 0.6 is 0 Å². The molecule has 0 aromatic heterocycles. The molecule has 2 rings (SSSR count). The van der Waals surface area contributed by atoms with Crippen LogP contribution in [0.15, 0.2) is 53.4 Å². The Bertz CT molecular complexity index is 819. The Morgan fingerprint density at radius 3 is 2.32 bits per heavy atom. The average Bonchev–Trinajstić information content (AvgIpc) is 2.61. The van der Waals surface area contributed by atoms with Crippen molar-refractivity contribution >= 4 is 15.7 Å². The first-order valence-electron chi connectivity index (χ1n) is 7.71. The molecule has 0 heterocycles. The van der Waals surface area contributed by atoms with Gasteiger partial charge in [0.2, 0.25) is 5.91 Å². The first-order valence-corrected chi connectivity index (χ1v) is 9.37. The van der Waals surface area contributed by atoms with Gasteiger partial charge in [0, 0.05) is 12.6 Å². The molecule has 0 saturated heterocycles. The van der Waals surface area contributed by atoms with Gasteiger partial charge in [0.1, 0.15) is 0 Å². The molecule has 2 aromatic rings. The fourth-order valence-corrected chi connectivity index (χ4v) is 3.46. The van der Waals surface area contributed by atoms with Gasteiger partial charge in [-0.3, -0.25) is 4.79 Å². The molecular weight excluding hydrogens is 342 g/mol. The number of carbonyl (C=O) groups is 1. The molecule has 0 saturated carbocycles. The minimum atomic E-state index is -3.54. The monoisotopic (exact) mass is 363 g/mol. The van der Waals surface area contributed by atoms with Crippen molar-refractivity contribution in [2.75, 3.05) is 26.5 Å². The van der Waals surface area contributed by atoms with E-state index in [1.54, 1.807) is 6.07 Å². The normalized spacial score (nSPS) is 11.0. The number of ether oxygens (including phenoxy) is 2. The molecule has 7 heteroatoms. The molecule has 1 N–H and O–H groups in total. The van der Waals surface area contributed by atoms with Crippen LogP contribution in [0.4, 0.5) is 0 Å². The topological polar surface area (TPSA) is 81.7 Å². The van der Waals surface area contributed by atoms with E-state index in [9.17, 15) is 13.2 Å². The Morgan fingerprint density at radius 2 is 1.68 bits per heavy atom. The van der Waals surface area contributed by atoms with Gasteiger partial charge in [-0.15, -0.1) is 0 Å². The van der Waals surface area contributed by atoms with Gasteiger partial charge in [-0.1, -0.05) is 30.3 Å². The predicted octanol–water partition coefficient (Wildman–Crippen LogP) is 1.84. The number of methoxy groups -OCH3 is 2. The number of rotatable bonds is 8. The maximum absolute atomic E-state index is 12.4. The molecule has 0 unspecified atom stereocenters. The van der Waals surface area contributed by atoms with Crippen LogP contribution in [-0.2, 0) is 21.1 Å². The summed E-state index contributed by atoms with van der Waals surface area (Å²) in [6.45, 7) is 0.0440. The van der Waals surface area contributed by atoms with Gasteiger partial charge in [-0.2, -0.15) is 0 Å².